The molecule has 6 heteroatoms. The second kappa shape index (κ2) is 5.70. The lowest BCUT2D eigenvalue weighted by Gasteiger charge is -2.60. The van der Waals surface area contributed by atoms with E-state index < -0.39 is 22.7 Å². The maximum absolute atomic E-state index is 13.6. The molecule has 154 valence electrons. The Morgan fingerprint density at radius 2 is 2.03 bits per heavy atom. The van der Waals surface area contributed by atoms with Gasteiger partial charge in [-0.3, -0.25) is 9.59 Å². The SMILES string of the molecule is CC(=CCC12OC(C)(C)C3CC(CC4C(=O)c5c(O)cccc5OC431)C2=O)CO. The van der Waals surface area contributed by atoms with Gasteiger partial charge < -0.3 is 19.7 Å². The highest BCUT2D eigenvalue weighted by Crippen LogP contribution is 2.69. The number of carbonyl (C=O) groups is 2. The predicted octanol–water partition coefficient (Wildman–Crippen LogP) is 2.81. The number of phenols is 1. The number of rotatable bonds is 3. The number of Topliss-reactive ketones (excluding diaryl/α,β-unsaturated/α-hetero) is 2. The molecule has 1 spiro atoms. The van der Waals surface area contributed by atoms with Crippen LogP contribution in [0.1, 0.15) is 50.4 Å². The summed E-state index contributed by atoms with van der Waals surface area (Å²) >= 11 is 0. The lowest BCUT2D eigenvalue weighted by molar-refractivity contribution is -0.199. The van der Waals surface area contributed by atoms with E-state index in [1.54, 1.807) is 19.1 Å². The molecule has 2 N–H and O–H groups in total. The van der Waals surface area contributed by atoms with Gasteiger partial charge in [0.25, 0.3) is 0 Å². The minimum Gasteiger partial charge on any atom is -0.507 e. The van der Waals surface area contributed by atoms with Crippen molar-refractivity contribution in [2.45, 2.75) is 56.8 Å². The maximum atomic E-state index is 13.6. The van der Waals surface area contributed by atoms with E-state index in [2.05, 4.69) is 0 Å². The Kier molecular flexibility index (Phi) is 3.70. The first-order chi connectivity index (χ1) is 13.7. The molecule has 0 radical (unpaired) electrons. The topological polar surface area (TPSA) is 93.1 Å². The van der Waals surface area contributed by atoms with Crippen LogP contribution >= 0.6 is 0 Å². The number of ketones is 2. The molecule has 29 heavy (non-hydrogen) atoms. The number of hydrogen-bond donors (Lipinski definition) is 2. The van der Waals surface area contributed by atoms with Crippen molar-refractivity contribution in [2.24, 2.45) is 17.8 Å². The molecule has 6 nitrogen and oxygen atoms in total. The van der Waals surface area contributed by atoms with Gasteiger partial charge in [-0.1, -0.05) is 17.7 Å². The van der Waals surface area contributed by atoms with Gasteiger partial charge in [0, 0.05) is 18.3 Å². The minimum absolute atomic E-state index is 0.00559. The van der Waals surface area contributed by atoms with Crippen LogP contribution in [0.25, 0.3) is 0 Å². The Hall–Kier alpha value is -2.18. The van der Waals surface area contributed by atoms with Gasteiger partial charge in [0.1, 0.15) is 17.1 Å². The van der Waals surface area contributed by atoms with Crippen molar-refractivity contribution in [2.75, 3.05) is 6.61 Å². The number of phenolic OH excluding ortho intramolecular Hbond substituents is 1. The third-order valence-electron chi connectivity index (χ3n) is 7.59. The molecule has 1 aromatic rings. The third-order valence-corrected chi connectivity index (χ3v) is 7.59. The van der Waals surface area contributed by atoms with Gasteiger partial charge in [-0.25, -0.2) is 0 Å². The Bertz CT molecular complexity index is 962. The van der Waals surface area contributed by atoms with Crippen LogP contribution in [0.15, 0.2) is 29.8 Å². The van der Waals surface area contributed by atoms with Crippen molar-refractivity contribution in [1.29, 1.82) is 0 Å². The van der Waals surface area contributed by atoms with Gasteiger partial charge in [-0.05, 0) is 45.7 Å². The average Bonchev–Trinajstić information content (AvgIpc) is 2.83. The summed E-state index contributed by atoms with van der Waals surface area (Å²) in [4.78, 5) is 27.2. The molecule has 0 amide bonds. The van der Waals surface area contributed by atoms with Gasteiger partial charge in [-0.2, -0.15) is 0 Å². The number of hydrogen-bond acceptors (Lipinski definition) is 6. The van der Waals surface area contributed by atoms with E-state index in [9.17, 15) is 19.8 Å². The van der Waals surface area contributed by atoms with E-state index in [0.717, 1.165) is 5.57 Å². The van der Waals surface area contributed by atoms with Gasteiger partial charge in [-0.15, -0.1) is 0 Å². The van der Waals surface area contributed by atoms with Crippen LogP contribution in [0.3, 0.4) is 0 Å². The predicted molar refractivity (Wildman–Crippen MR) is 104 cm³/mol. The van der Waals surface area contributed by atoms with Crippen molar-refractivity contribution in [3.8, 4) is 11.5 Å². The van der Waals surface area contributed by atoms with Crippen molar-refractivity contribution in [1.82, 2.24) is 0 Å². The standard InChI is InChI=1S/C23H26O6/c1-12(11-24)7-8-22-20(27)13-9-14-19(26)18-15(25)5-4-6-16(18)28-23(14,22)17(10-13)21(2,3)29-22/h4-7,13-14,17,24-25H,8-11H2,1-3H3. The normalized spacial score (nSPS) is 39.2. The summed E-state index contributed by atoms with van der Waals surface area (Å²) < 4.78 is 13.1. The fraction of sp³-hybridized carbons (Fsp3) is 0.565. The summed E-state index contributed by atoms with van der Waals surface area (Å²) in [6, 6.07) is 4.81. The number of aliphatic hydroxyl groups is 1. The first-order valence-corrected chi connectivity index (χ1v) is 10.2. The van der Waals surface area contributed by atoms with Crippen LogP contribution in [0.2, 0.25) is 0 Å². The molecule has 5 atom stereocenters. The van der Waals surface area contributed by atoms with Gasteiger partial charge in [0.2, 0.25) is 0 Å². The zero-order valence-electron chi connectivity index (χ0n) is 16.9. The van der Waals surface area contributed by atoms with Crippen LogP contribution < -0.4 is 4.74 Å². The fourth-order valence-electron chi connectivity index (χ4n) is 6.43. The van der Waals surface area contributed by atoms with Crippen LogP contribution in [0, 0.1) is 17.8 Å². The highest BCUT2D eigenvalue weighted by atomic mass is 16.6. The zero-order chi connectivity index (χ0) is 20.8. The molecule has 0 aromatic heterocycles. The first kappa shape index (κ1) is 18.8. The molecule has 5 aliphatic rings. The largest absolute Gasteiger partial charge is 0.507 e. The molecular weight excluding hydrogens is 372 g/mol. The number of carbonyl (C=O) groups excluding carboxylic acids is 2. The fourth-order valence-corrected chi connectivity index (χ4v) is 6.43. The maximum Gasteiger partial charge on any atom is 0.177 e. The van der Waals surface area contributed by atoms with E-state index in [-0.39, 0.29) is 47.7 Å². The molecule has 2 aliphatic heterocycles. The summed E-state index contributed by atoms with van der Waals surface area (Å²) in [7, 11) is 0. The molecule has 6 rings (SSSR count). The molecule has 3 aliphatic carbocycles. The summed E-state index contributed by atoms with van der Waals surface area (Å²) in [6.45, 7) is 5.63. The first-order valence-electron chi connectivity index (χ1n) is 10.2. The lowest BCUT2D eigenvalue weighted by atomic mass is 9.47. The zero-order valence-corrected chi connectivity index (χ0v) is 16.9. The Morgan fingerprint density at radius 3 is 2.76 bits per heavy atom. The van der Waals surface area contributed by atoms with Crippen LogP contribution in [0.5, 0.6) is 11.5 Å². The van der Waals surface area contributed by atoms with Crippen LogP contribution in [-0.4, -0.2) is 45.2 Å². The number of fused-ring (bicyclic) bond motifs is 1. The summed E-state index contributed by atoms with van der Waals surface area (Å²) in [5.41, 5.74) is -2.07. The molecule has 1 aromatic carbocycles. The summed E-state index contributed by atoms with van der Waals surface area (Å²) in [5, 5.41) is 19.8. The second-order valence-corrected chi connectivity index (χ2v) is 9.49. The van der Waals surface area contributed by atoms with E-state index in [1.807, 2.05) is 19.9 Å². The highest BCUT2D eigenvalue weighted by molar-refractivity contribution is 6.08. The van der Waals surface area contributed by atoms with Crippen molar-refractivity contribution < 1.29 is 29.3 Å². The molecule has 2 heterocycles. The third kappa shape index (κ3) is 2.09. The monoisotopic (exact) mass is 398 g/mol. The van der Waals surface area contributed by atoms with Gasteiger partial charge in [0.05, 0.1) is 18.1 Å². The molecular formula is C23H26O6. The summed E-state index contributed by atoms with van der Waals surface area (Å²) in [5.74, 6) is -0.885. The number of aromatic hydroxyl groups is 1. The second-order valence-electron chi connectivity index (χ2n) is 9.49. The van der Waals surface area contributed by atoms with E-state index >= 15 is 0 Å². The van der Waals surface area contributed by atoms with Crippen molar-refractivity contribution in [3.05, 3.63) is 35.4 Å². The van der Waals surface area contributed by atoms with Gasteiger partial charge in [0.15, 0.2) is 22.8 Å². The van der Waals surface area contributed by atoms with E-state index in [4.69, 9.17) is 9.47 Å². The van der Waals surface area contributed by atoms with Gasteiger partial charge >= 0.3 is 0 Å². The quantitative estimate of drug-likeness (QED) is 0.761. The molecule has 4 fully saturated rings. The van der Waals surface area contributed by atoms with Crippen LogP contribution in [-0.2, 0) is 9.53 Å². The molecule has 5 unspecified atom stereocenters. The minimum atomic E-state index is -1.28. The van der Waals surface area contributed by atoms with E-state index in [0.29, 0.717) is 18.6 Å². The number of ether oxygens (including phenoxy) is 2. The Morgan fingerprint density at radius 1 is 1.28 bits per heavy atom. The van der Waals surface area contributed by atoms with Crippen LogP contribution in [0.4, 0.5) is 0 Å². The lowest BCUT2D eigenvalue weighted by Crippen LogP contribution is -2.76. The van der Waals surface area contributed by atoms with Crippen molar-refractivity contribution >= 4 is 11.6 Å². The summed E-state index contributed by atoms with van der Waals surface area (Å²) in [6.07, 6.45) is 3.14. The van der Waals surface area contributed by atoms with E-state index in [1.165, 1.54) is 6.07 Å². The Labute approximate surface area is 169 Å². The average molecular weight is 398 g/mol. The molecule has 4 bridgehead atoms. The molecule has 1 saturated heterocycles. The number of benzene rings is 1. The molecule has 3 saturated carbocycles. The smallest absolute Gasteiger partial charge is 0.177 e. The Balaban J connectivity index is 1.76. The van der Waals surface area contributed by atoms with Crippen molar-refractivity contribution in [3.63, 3.8) is 0 Å². The highest BCUT2D eigenvalue weighted by Gasteiger charge is 2.83. The number of aliphatic hydroxyl groups excluding tert-OH is 1.